The van der Waals surface area contributed by atoms with Crippen LogP contribution in [0.1, 0.15) is 24.0 Å². The van der Waals surface area contributed by atoms with Crippen LogP contribution in [0.4, 0.5) is 0 Å². The summed E-state index contributed by atoms with van der Waals surface area (Å²) in [7, 11) is 0. The van der Waals surface area contributed by atoms with E-state index in [1.807, 2.05) is 29.2 Å². The van der Waals surface area contributed by atoms with Gasteiger partial charge < -0.3 is 9.64 Å². The number of hydrogen-bond acceptors (Lipinski definition) is 4. The highest BCUT2D eigenvalue weighted by Crippen LogP contribution is 2.24. The van der Waals surface area contributed by atoms with Gasteiger partial charge in [-0.05, 0) is 35.6 Å². The van der Waals surface area contributed by atoms with Crippen LogP contribution in [-0.2, 0) is 16.1 Å². The first-order valence-electron chi connectivity index (χ1n) is 9.96. The Balaban J connectivity index is 1.33. The third-order valence-corrected chi connectivity index (χ3v) is 5.61. The minimum absolute atomic E-state index is 0.165. The van der Waals surface area contributed by atoms with Gasteiger partial charge in [0.1, 0.15) is 6.10 Å². The SMILES string of the molecule is N#Cc1ccccc1-c1ccc(CN2CCN(C(=O)[C@@H]3CCCO3)CC2)cc1. The fourth-order valence-corrected chi connectivity index (χ4v) is 3.98. The smallest absolute Gasteiger partial charge is 0.251 e. The molecule has 0 N–H and O–H groups in total. The van der Waals surface area contributed by atoms with Crippen LogP contribution in [-0.4, -0.2) is 54.6 Å². The van der Waals surface area contributed by atoms with Crippen molar-refractivity contribution in [2.24, 2.45) is 0 Å². The highest BCUT2D eigenvalue weighted by atomic mass is 16.5. The topological polar surface area (TPSA) is 56.6 Å². The summed E-state index contributed by atoms with van der Waals surface area (Å²) in [5.41, 5.74) is 3.98. The summed E-state index contributed by atoms with van der Waals surface area (Å²) in [5, 5.41) is 9.29. The van der Waals surface area contributed by atoms with Crippen molar-refractivity contribution in [2.45, 2.75) is 25.5 Å². The predicted molar refractivity (Wildman–Crippen MR) is 107 cm³/mol. The molecule has 2 aliphatic heterocycles. The predicted octanol–water partition coefficient (Wildman–Crippen LogP) is 3.05. The van der Waals surface area contributed by atoms with Crippen molar-refractivity contribution < 1.29 is 9.53 Å². The summed E-state index contributed by atoms with van der Waals surface area (Å²) in [6, 6.07) is 18.4. The van der Waals surface area contributed by atoms with E-state index in [9.17, 15) is 10.1 Å². The Labute approximate surface area is 166 Å². The van der Waals surface area contributed by atoms with E-state index < -0.39 is 0 Å². The number of hydrogen-bond donors (Lipinski definition) is 0. The van der Waals surface area contributed by atoms with Crippen molar-refractivity contribution in [3.05, 3.63) is 59.7 Å². The second-order valence-electron chi connectivity index (χ2n) is 7.46. The zero-order valence-electron chi connectivity index (χ0n) is 16.0. The fourth-order valence-electron chi connectivity index (χ4n) is 3.98. The van der Waals surface area contributed by atoms with Gasteiger partial charge >= 0.3 is 0 Å². The van der Waals surface area contributed by atoms with E-state index >= 15 is 0 Å². The van der Waals surface area contributed by atoms with E-state index in [0.29, 0.717) is 12.2 Å². The highest BCUT2D eigenvalue weighted by molar-refractivity contribution is 5.81. The Bertz CT molecular complexity index is 858. The number of nitrogens with zero attached hydrogens (tertiary/aromatic N) is 3. The van der Waals surface area contributed by atoms with Crippen molar-refractivity contribution in [2.75, 3.05) is 32.8 Å². The van der Waals surface area contributed by atoms with E-state index in [1.54, 1.807) is 0 Å². The van der Waals surface area contributed by atoms with Crippen molar-refractivity contribution in [3.63, 3.8) is 0 Å². The van der Waals surface area contributed by atoms with Gasteiger partial charge in [0.05, 0.1) is 11.6 Å². The van der Waals surface area contributed by atoms with E-state index in [-0.39, 0.29) is 12.0 Å². The van der Waals surface area contributed by atoms with Crippen LogP contribution in [0.15, 0.2) is 48.5 Å². The average molecular weight is 375 g/mol. The van der Waals surface area contributed by atoms with Gasteiger partial charge in [0, 0.05) is 39.3 Å². The van der Waals surface area contributed by atoms with E-state index in [0.717, 1.165) is 56.7 Å². The zero-order valence-corrected chi connectivity index (χ0v) is 16.0. The van der Waals surface area contributed by atoms with Crippen molar-refractivity contribution in [1.82, 2.24) is 9.80 Å². The van der Waals surface area contributed by atoms with Crippen LogP contribution in [0.2, 0.25) is 0 Å². The molecule has 28 heavy (non-hydrogen) atoms. The second kappa shape index (κ2) is 8.55. The molecule has 2 aromatic carbocycles. The third-order valence-electron chi connectivity index (χ3n) is 5.61. The number of carbonyl (C=O) groups is 1. The Kier molecular flexibility index (Phi) is 5.70. The Hall–Kier alpha value is -2.68. The Morgan fingerprint density at radius 2 is 1.82 bits per heavy atom. The van der Waals surface area contributed by atoms with Gasteiger partial charge in [-0.3, -0.25) is 9.69 Å². The number of benzene rings is 2. The van der Waals surface area contributed by atoms with Crippen molar-refractivity contribution in [3.8, 4) is 17.2 Å². The first-order chi connectivity index (χ1) is 13.7. The molecular formula is C23H25N3O2. The summed E-state index contributed by atoms with van der Waals surface area (Å²) in [4.78, 5) is 16.8. The molecule has 0 radical (unpaired) electrons. The van der Waals surface area contributed by atoms with Crippen LogP contribution in [0.3, 0.4) is 0 Å². The maximum Gasteiger partial charge on any atom is 0.251 e. The lowest BCUT2D eigenvalue weighted by atomic mass is 9.99. The summed E-state index contributed by atoms with van der Waals surface area (Å²) in [5.74, 6) is 0.165. The van der Waals surface area contributed by atoms with Gasteiger partial charge in [-0.2, -0.15) is 5.26 Å². The monoisotopic (exact) mass is 375 g/mol. The van der Waals surface area contributed by atoms with Crippen molar-refractivity contribution in [1.29, 1.82) is 5.26 Å². The number of ether oxygens (including phenoxy) is 1. The van der Waals surface area contributed by atoms with Gasteiger partial charge in [-0.15, -0.1) is 0 Å². The molecule has 0 spiro atoms. The molecule has 2 aromatic rings. The lowest BCUT2D eigenvalue weighted by molar-refractivity contribution is -0.142. The number of carbonyl (C=O) groups excluding carboxylic acids is 1. The van der Waals surface area contributed by atoms with Crippen LogP contribution in [0.5, 0.6) is 0 Å². The van der Waals surface area contributed by atoms with Crippen LogP contribution >= 0.6 is 0 Å². The lowest BCUT2D eigenvalue weighted by Crippen LogP contribution is -2.51. The molecule has 2 aliphatic rings. The fraction of sp³-hybridized carbons (Fsp3) is 0.391. The first-order valence-corrected chi connectivity index (χ1v) is 9.96. The molecule has 0 unspecified atom stereocenters. The maximum atomic E-state index is 12.4. The van der Waals surface area contributed by atoms with E-state index in [4.69, 9.17) is 4.74 Å². The molecule has 0 saturated carbocycles. The molecule has 4 rings (SSSR count). The molecule has 5 nitrogen and oxygen atoms in total. The molecule has 2 fully saturated rings. The molecule has 2 heterocycles. The van der Waals surface area contributed by atoms with Crippen LogP contribution in [0.25, 0.3) is 11.1 Å². The zero-order chi connectivity index (χ0) is 19.3. The standard InChI is InChI=1S/C23H25N3O2/c24-16-20-4-1-2-5-21(20)19-9-7-18(8-10-19)17-25-11-13-26(14-12-25)23(27)22-6-3-15-28-22/h1-2,4-5,7-10,22H,3,6,11-15,17H2/t22-/m0/s1. The quantitative estimate of drug-likeness (QED) is 0.824. The molecule has 144 valence electrons. The van der Waals surface area contributed by atoms with E-state index in [1.165, 1.54) is 5.56 Å². The number of amides is 1. The third kappa shape index (κ3) is 4.09. The number of nitriles is 1. The van der Waals surface area contributed by atoms with Crippen LogP contribution < -0.4 is 0 Å². The minimum atomic E-state index is -0.213. The second-order valence-corrected chi connectivity index (χ2v) is 7.46. The van der Waals surface area contributed by atoms with Gasteiger partial charge in [-0.25, -0.2) is 0 Å². The average Bonchev–Trinajstić information content (AvgIpc) is 3.29. The van der Waals surface area contributed by atoms with Gasteiger partial charge in [0.25, 0.3) is 5.91 Å². The minimum Gasteiger partial charge on any atom is -0.368 e. The molecule has 2 saturated heterocycles. The van der Waals surface area contributed by atoms with E-state index in [2.05, 4.69) is 35.2 Å². The highest BCUT2D eigenvalue weighted by Gasteiger charge is 2.30. The summed E-state index contributed by atoms with van der Waals surface area (Å²) in [6.45, 7) is 4.90. The molecule has 1 atom stereocenters. The van der Waals surface area contributed by atoms with Gasteiger partial charge in [-0.1, -0.05) is 42.5 Å². The molecule has 0 bridgehead atoms. The molecule has 1 amide bonds. The van der Waals surface area contributed by atoms with Crippen LogP contribution in [0, 0.1) is 11.3 Å². The maximum absolute atomic E-state index is 12.4. The number of piperazine rings is 1. The largest absolute Gasteiger partial charge is 0.368 e. The lowest BCUT2D eigenvalue weighted by Gasteiger charge is -2.35. The van der Waals surface area contributed by atoms with Gasteiger partial charge in [0.2, 0.25) is 0 Å². The molecule has 5 heteroatoms. The van der Waals surface area contributed by atoms with Gasteiger partial charge in [0.15, 0.2) is 0 Å². The molecular weight excluding hydrogens is 350 g/mol. The summed E-state index contributed by atoms with van der Waals surface area (Å²) < 4.78 is 5.53. The normalized spacial score (nSPS) is 20.1. The molecule has 0 aromatic heterocycles. The van der Waals surface area contributed by atoms with Crippen molar-refractivity contribution >= 4 is 5.91 Å². The summed E-state index contributed by atoms with van der Waals surface area (Å²) in [6.07, 6.45) is 1.64. The Morgan fingerprint density at radius 3 is 2.50 bits per heavy atom. The Morgan fingerprint density at radius 1 is 1.07 bits per heavy atom. The summed E-state index contributed by atoms with van der Waals surface area (Å²) >= 11 is 0. The first kappa shape index (κ1) is 18.7. The number of rotatable bonds is 4. The molecule has 0 aliphatic carbocycles.